The Morgan fingerprint density at radius 2 is 0.571 bits per heavy atom. The first kappa shape index (κ1) is 16.3. The molecule has 0 aromatic rings. The molecule has 0 aliphatic heterocycles. The first-order valence-electron chi connectivity index (χ1n) is 5.63. The Bertz CT molecular complexity index is 55.0. The van der Waals surface area contributed by atoms with E-state index in [1.165, 1.54) is 38.5 Å². The van der Waals surface area contributed by atoms with Crippen LogP contribution in [0.25, 0.3) is 0 Å². The average Bonchev–Trinajstić information content (AvgIpc) is 2.32. The van der Waals surface area contributed by atoms with Crippen LogP contribution in [0, 0.1) is 0 Å². The summed E-state index contributed by atoms with van der Waals surface area (Å²) in [5.74, 6) is 0. The summed E-state index contributed by atoms with van der Waals surface area (Å²) in [6.07, 6.45) is 9.00. The highest BCUT2D eigenvalue weighted by Gasteiger charge is 1.95. The standard InChI is InChI=1S/C6H12.2C2H8N2/c1-2-4-6-5-3-1;2*3-1-2-4/h1-6H2;2*1-4H2. The zero-order valence-corrected chi connectivity index (χ0v) is 9.38. The minimum absolute atomic E-state index is 0.597. The Balaban J connectivity index is 0. The lowest BCUT2D eigenvalue weighted by atomic mass is 10.0. The Morgan fingerprint density at radius 3 is 0.643 bits per heavy atom. The molecule has 1 aliphatic carbocycles. The van der Waals surface area contributed by atoms with Gasteiger partial charge in [0.2, 0.25) is 0 Å². The Kier molecular flexibility index (Phi) is 21.6. The molecule has 88 valence electrons. The lowest BCUT2D eigenvalue weighted by molar-refractivity contribution is 0.504. The van der Waals surface area contributed by atoms with E-state index in [-0.39, 0.29) is 0 Å². The van der Waals surface area contributed by atoms with Gasteiger partial charge >= 0.3 is 0 Å². The van der Waals surface area contributed by atoms with Crippen molar-refractivity contribution < 1.29 is 0 Å². The van der Waals surface area contributed by atoms with Crippen molar-refractivity contribution in [1.29, 1.82) is 0 Å². The van der Waals surface area contributed by atoms with Crippen molar-refractivity contribution in [3.05, 3.63) is 0 Å². The van der Waals surface area contributed by atoms with Crippen molar-refractivity contribution in [2.75, 3.05) is 26.2 Å². The fourth-order valence-corrected chi connectivity index (χ4v) is 1.06. The molecule has 1 aliphatic rings. The van der Waals surface area contributed by atoms with E-state index in [4.69, 9.17) is 22.9 Å². The molecular weight excluding hydrogens is 176 g/mol. The Morgan fingerprint density at radius 1 is 0.429 bits per heavy atom. The molecule has 0 aromatic carbocycles. The molecule has 0 amide bonds. The molecule has 0 radical (unpaired) electrons. The maximum absolute atomic E-state index is 4.90. The SMILES string of the molecule is C1CCCCC1.NCCN.NCCN. The summed E-state index contributed by atoms with van der Waals surface area (Å²) in [4.78, 5) is 0. The second-order valence-corrected chi connectivity index (χ2v) is 3.28. The summed E-state index contributed by atoms with van der Waals surface area (Å²) < 4.78 is 0. The first-order chi connectivity index (χ1) is 6.83. The van der Waals surface area contributed by atoms with Crippen LogP contribution in [0.1, 0.15) is 38.5 Å². The topological polar surface area (TPSA) is 104 Å². The summed E-state index contributed by atoms with van der Waals surface area (Å²) in [5.41, 5.74) is 19.6. The van der Waals surface area contributed by atoms with Gasteiger partial charge in [0.15, 0.2) is 0 Å². The summed E-state index contributed by atoms with van der Waals surface area (Å²) in [6, 6.07) is 0. The predicted octanol–water partition coefficient (Wildman–Crippen LogP) is 0.148. The van der Waals surface area contributed by atoms with E-state index >= 15 is 0 Å². The lowest BCUT2D eigenvalue weighted by Gasteiger charge is -2.05. The smallest absolute Gasteiger partial charge is 0.00461 e. The Hall–Kier alpha value is -0.160. The van der Waals surface area contributed by atoms with Crippen LogP contribution in [0.3, 0.4) is 0 Å². The van der Waals surface area contributed by atoms with Crippen molar-refractivity contribution in [3.63, 3.8) is 0 Å². The minimum Gasteiger partial charge on any atom is -0.329 e. The van der Waals surface area contributed by atoms with E-state index in [1.807, 2.05) is 0 Å². The van der Waals surface area contributed by atoms with Crippen molar-refractivity contribution in [3.8, 4) is 0 Å². The molecule has 0 unspecified atom stereocenters. The molecule has 4 heteroatoms. The van der Waals surface area contributed by atoms with E-state index in [0.29, 0.717) is 26.2 Å². The van der Waals surface area contributed by atoms with E-state index in [2.05, 4.69) is 0 Å². The molecular formula is C10H28N4. The van der Waals surface area contributed by atoms with Crippen LogP contribution < -0.4 is 22.9 Å². The third-order valence-electron chi connectivity index (χ3n) is 1.83. The highest BCUT2D eigenvalue weighted by Crippen LogP contribution is 2.15. The number of hydrogen-bond acceptors (Lipinski definition) is 4. The van der Waals surface area contributed by atoms with Gasteiger partial charge in [0.1, 0.15) is 0 Å². The zero-order valence-electron chi connectivity index (χ0n) is 9.38. The molecule has 1 saturated carbocycles. The van der Waals surface area contributed by atoms with Crippen LogP contribution in [-0.2, 0) is 0 Å². The highest BCUT2D eigenvalue weighted by atomic mass is 14.6. The van der Waals surface area contributed by atoms with E-state index in [0.717, 1.165) is 0 Å². The van der Waals surface area contributed by atoms with Crippen LogP contribution in [0.4, 0.5) is 0 Å². The van der Waals surface area contributed by atoms with Crippen LogP contribution in [0.5, 0.6) is 0 Å². The van der Waals surface area contributed by atoms with Gasteiger partial charge in [0, 0.05) is 26.2 Å². The second kappa shape index (κ2) is 18.6. The zero-order chi connectivity index (χ0) is 11.1. The van der Waals surface area contributed by atoms with Gasteiger partial charge in [0.25, 0.3) is 0 Å². The molecule has 0 saturated heterocycles. The largest absolute Gasteiger partial charge is 0.329 e. The van der Waals surface area contributed by atoms with Crippen LogP contribution in [-0.4, -0.2) is 26.2 Å². The van der Waals surface area contributed by atoms with Gasteiger partial charge in [-0.15, -0.1) is 0 Å². The van der Waals surface area contributed by atoms with Gasteiger partial charge < -0.3 is 22.9 Å². The van der Waals surface area contributed by atoms with Gasteiger partial charge in [-0.25, -0.2) is 0 Å². The van der Waals surface area contributed by atoms with Crippen LogP contribution >= 0.6 is 0 Å². The van der Waals surface area contributed by atoms with Gasteiger partial charge in [-0.05, 0) is 0 Å². The van der Waals surface area contributed by atoms with Crippen molar-refractivity contribution in [2.45, 2.75) is 38.5 Å². The van der Waals surface area contributed by atoms with E-state index in [1.54, 1.807) is 0 Å². The van der Waals surface area contributed by atoms with E-state index in [9.17, 15) is 0 Å². The van der Waals surface area contributed by atoms with Gasteiger partial charge in [-0.2, -0.15) is 0 Å². The molecule has 1 rings (SSSR count). The first-order valence-corrected chi connectivity index (χ1v) is 5.63. The van der Waals surface area contributed by atoms with Crippen LogP contribution in [0.2, 0.25) is 0 Å². The maximum Gasteiger partial charge on any atom is 0.00461 e. The third-order valence-corrected chi connectivity index (χ3v) is 1.83. The fourth-order valence-electron chi connectivity index (χ4n) is 1.06. The number of hydrogen-bond donors (Lipinski definition) is 4. The molecule has 0 aromatic heterocycles. The average molecular weight is 204 g/mol. The predicted molar refractivity (Wildman–Crippen MR) is 63.9 cm³/mol. The van der Waals surface area contributed by atoms with Crippen LogP contribution in [0.15, 0.2) is 0 Å². The lowest BCUT2D eigenvalue weighted by Crippen LogP contribution is -2.11. The maximum atomic E-state index is 4.90. The molecule has 1 fully saturated rings. The highest BCUT2D eigenvalue weighted by molar-refractivity contribution is 4.51. The quantitative estimate of drug-likeness (QED) is 0.514. The monoisotopic (exact) mass is 204 g/mol. The molecule has 8 N–H and O–H groups in total. The van der Waals surface area contributed by atoms with Gasteiger partial charge in [-0.1, -0.05) is 38.5 Å². The molecule has 0 bridgehead atoms. The summed E-state index contributed by atoms with van der Waals surface area (Å²) >= 11 is 0. The molecule has 0 heterocycles. The molecule has 0 spiro atoms. The normalized spacial score (nSPS) is 14.6. The molecule has 14 heavy (non-hydrogen) atoms. The number of nitrogens with two attached hydrogens (primary N) is 4. The Labute approximate surface area is 88.4 Å². The van der Waals surface area contributed by atoms with Gasteiger partial charge in [0.05, 0.1) is 0 Å². The van der Waals surface area contributed by atoms with Crippen molar-refractivity contribution in [2.24, 2.45) is 22.9 Å². The summed E-state index contributed by atoms with van der Waals surface area (Å²) in [6.45, 7) is 2.39. The van der Waals surface area contributed by atoms with E-state index < -0.39 is 0 Å². The van der Waals surface area contributed by atoms with Crippen molar-refractivity contribution in [1.82, 2.24) is 0 Å². The number of rotatable bonds is 2. The summed E-state index contributed by atoms with van der Waals surface area (Å²) in [5, 5.41) is 0. The third kappa shape index (κ3) is 22.6. The molecule has 0 atom stereocenters. The second-order valence-electron chi connectivity index (χ2n) is 3.28. The fraction of sp³-hybridized carbons (Fsp3) is 1.00. The summed E-state index contributed by atoms with van der Waals surface area (Å²) in [7, 11) is 0. The molecule has 4 nitrogen and oxygen atoms in total. The minimum atomic E-state index is 0.597. The van der Waals surface area contributed by atoms with Crippen molar-refractivity contribution >= 4 is 0 Å². The van der Waals surface area contributed by atoms with Gasteiger partial charge in [-0.3, -0.25) is 0 Å².